The van der Waals surface area contributed by atoms with Gasteiger partial charge in [-0.2, -0.15) is 0 Å². The van der Waals surface area contributed by atoms with E-state index in [4.69, 9.17) is 0 Å². The monoisotopic (exact) mass is 269 g/mol. The van der Waals surface area contributed by atoms with Crippen molar-refractivity contribution < 1.29 is 9.90 Å². The molecule has 0 fully saturated rings. The van der Waals surface area contributed by atoms with Crippen molar-refractivity contribution in [1.29, 1.82) is 0 Å². The number of nitrogens with one attached hydrogen (secondary N) is 1. The van der Waals surface area contributed by atoms with Crippen molar-refractivity contribution in [2.24, 2.45) is 0 Å². The van der Waals surface area contributed by atoms with E-state index in [0.29, 0.717) is 21.5 Å². The van der Waals surface area contributed by atoms with Crippen molar-refractivity contribution in [3.05, 3.63) is 54.1 Å². The highest BCUT2D eigenvalue weighted by molar-refractivity contribution is 7.80. The molecule has 3 nitrogen and oxygen atoms in total. The van der Waals surface area contributed by atoms with Crippen LogP contribution in [0.3, 0.4) is 0 Å². The number of benzene rings is 2. The summed E-state index contributed by atoms with van der Waals surface area (Å²) in [5.41, 5.74) is 2.69. The van der Waals surface area contributed by atoms with Gasteiger partial charge in [0.05, 0.1) is 10.6 Å². The first kappa shape index (κ1) is 11.9. The molecule has 0 spiro atoms. The highest BCUT2D eigenvalue weighted by Crippen LogP contribution is 2.31. The van der Waals surface area contributed by atoms with Gasteiger partial charge in [-0.25, -0.2) is 4.79 Å². The first-order valence-electron chi connectivity index (χ1n) is 5.80. The summed E-state index contributed by atoms with van der Waals surface area (Å²) >= 11 is 4.23. The van der Waals surface area contributed by atoms with E-state index >= 15 is 0 Å². The van der Waals surface area contributed by atoms with Gasteiger partial charge in [0.1, 0.15) is 0 Å². The van der Waals surface area contributed by atoms with Crippen LogP contribution in [0.15, 0.2) is 53.6 Å². The number of fused-ring (bicyclic) bond motifs is 1. The maximum Gasteiger partial charge on any atom is 0.337 e. The highest BCUT2D eigenvalue weighted by atomic mass is 32.1. The second kappa shape index (κ2) is 4.48. The van der Waals surface area contributed by atoms with Crippen LogP contribution in [0.25, 0.3) is 22.0 Å². The van der Waals surface area contributed by atoms with Crippen LogP contribution >= 0.6 is 12.6 Å². The second-order valence-electron chi connectivity index (χ2n) is 4.28. The Balaban J connectivity index is 2.36. The third-order valence-electron chi connectivity index (χ3n) is 3.09. The fourth-order valence-corrected chi connectivity index (χ4v) is 2.53. The van der Waals surface area contributed by atoms with Gasteiger partial charge in [0.25, 0.3) is 0 Å². The van der Waals surface area contributed by atoms with Crippen molar-refractivity contribution in [3.63, 3.8) is 0 Å². The number of thiol groups is 1. The van der Waals surface area contributed by atoms with Crippen molar-refractivity contribution >= 4 is 29.5 Å². The lowest BCUT2D eigenvalue weighted by molar-refractivity contribution is 0.0700. The molecule has 4 heteroatoms. The number of carbonyl (C=O) groups is 1. The summed E-state index contributed by atoms with van der Waals surface area (Å²) in [6, 6.07) is 15.0. The van der Waals surface area contributed by atoms with Gasteiger partial charge in [-0.3, -0.25) is 0 Å². The Morgan fingerprint density at radius 1 is 1.11 bits per heavy atom. The van der Waals surface area contributed by atoms with Crippen molar-refractivity contribution in [3.8, 4) is 11.1 Å². The van der Waals surface area contributed by atoms with Gasteiger partial charge in [-0.15, -0.1) is 12.6 Å². The van der Waals surface area contributed by atoms with Gasteiger partial charge in [-0.05, 0) is 23.3 Å². The van der Waals surface area contributed by atoms with E-state index in [0.717, 1.165) is 11.1 Å². The van der Waals surface area contributed by atoms with Crippen LogP contribution in [0.2, 0.25) is 0 Å². The van der Waals surface area contributed by atoms with Crippen molar-refractivity contribution in [1.82, 2.24) is 4.98 Å². The number of hydrogen-bond donors (Lipinski definition) is 3. The zero-order chi connectivity index (χ0) is 13.4. The molecule has 94 valence electrons. The molecule has 0 atom stereocenters. The smallest absolute Gasteiger partial charge is 0.337 e. The van der Waals surface area contributed by atoms with Gasteiger partial charge >= 0.3 is 5.97 Å². The molecular formula is C15H11NO2S. The summed E-state index contributed by atoms with van der Waals surface area (Å²) in [5.74, 6) is -0.934. The molecule has 3 rings (SSSR count). The third kappa shape index (κ3) is 2.00. The Kier molecular flexibility index (Phi) is 2.80. The van der Waals surface area contributed by atoms with E-state index in [9.17, 15) is 9.90 Å². The first-order valence-corrected chi connectivity index (χ1v) is 6.25. The SMILES string of the molecule is O=C(O)c1c(-c2ccccc2)ccc2[nH]c(S)cc12. The molecule has 0 unspecified atom stereocenters. The van der Waals surface area contributed by atoms with E-state index in [1.165, 1.54) is 0 Å². The third-order valence-corrected chi connectivity index (χ3v) is 3.33. The molecule has 0 aliphatic rings. The van der Waals surface area contributed by atoms with Gasteiger partial charge in [-0.1, -0.05) is 36.4 Å². The molecule has 2 aromatic carbocycles. The van der Waals surface area contributed by atoms with E-state index in [1.54, 1.807) is 6.07 Å². The molecule has 2 N–H and O–H groups in total. The van der Waals surface area contributed by atoms with E-state index < -0.39 is 5.97 Å². The van der Waals surface area contributed by atoms with Gasteiger partial charge in [0.2, 0.25) is 0 Å². The molecule has 0 aliphatic heterocycles. The van der Waals surface area contributed by atoms with E-state index in [2.05, 4.69) is 17.6 Å². The largest absolute Gasteiger partial charge is 0.478 e. The standard InChI is InChI=1S/C15H11NO2S/c17-15(18)14-10(9-4-2-1-3-5-9)6-7-12-11(14)8-13(19)16-12/h1-8,16,19H,(H,17,18). The number of hydrogen-bond acceptors (Lipinski definition) is 2. The van der Waals surface area contributed by atoms with Gasteiger partial charge in [0.15, 0.2) is 0 Å². The summed E-state index contributed by atoms with van der Waals surface area (Å²) in [4.78, 5) is 14.6. The van der Waals surface area contributed by atoms with Crippen molar-refractivity contribution in [2.45, 2.75) is 5.03 Å². The minimum atomic E-state index is -0.934. The normalized spacial score (nSPS) is 10.8. The number of aromatic nitrogens is 1. The Bertz CT molecular complexity index is 762. The highest BCUT2D eigenvalue weighted by Gasteiger charge is 2.16. The summed E-state index contributed by atoms with van der Waals surface area (Å²) in [6.07, 6.45) is 0. The predicted molar refractivity (Wildman–Crippen MR) is 77.9 cm³/mol. The molecule has 1 aromatic heterocycles. The average molecular weight is 269 g/mol. The number of rotatable bonds is 2. The van der Waals surface area contributed by atoms with Crippen LogP contribution in [0.5, 0.6) is 0 Å². The van der Waals surface area contributed by atoms with Crippen LogP contribution in [0, 0.1) is 0 Å². The molecule has 1 heterocycles. The van der Waals surface area contributed by atoms with Crippen LogP contribution in [-0.2, 0) is 0 Å². The van der Waals surface area contributed by atoms with E-state index in [1.807, 2.05) is 42.5 Å². The molecule has 0 saturated carbocycles. The number of carboxylic acid groups (broad SMARTS) is 1. The zero-order valence-corrected chi connectivity index (χ0v) is 10.8. The molecule has 0 aliphatic carbocycles. The topological polar surface area (TPSA) is 53.1 Å². The van der Waals surface area contributed by atoms with Crippen LogP contribution < -0.4 is 0 Å². The summed E-state index contributed by atoms with van der Waals surface area (Å²) < 4.78 is 0. The Labute approximate surface area is 115 Å². The van der Waals surface area contributed by atoms with Gasteiger partial charge in [0, 0.05) is 10.9 Å². The maximum absolute atomic E-state index is 11.6. The lowest BCUT2D eigenvalue weighted by atomic mass is 9.97. The Morgan fingerprint density at radius 3 is 2.53 bits per heavy atom. The summed E-state index contributed by atoms with van der Waals surface area (Å²) in [6.45, 7) is 0. The molecule has 0 bridgehead atoms. The lowest BCUT2D eigenvalue weighted by Crippen LogP contribution is -2.00. The second-order valence-corrected chi connectivity index (χ2v) is 4.76. The van der Waals surface area contributed by atoms with Crippen LogP contribution in [-0.4, -0.2) is 16.1 Å². The fourth-order valence-electron chi connectivity index (χ4n) is 2.28. The molecule has 3 aromatic rings. The minimum Gasteiger partial charge on any atom is -0.478 e. The van der Waals surface area contributed by atoms with E-state index in [-0.39, 0.29) is 0 Å². The summed E-state index contributed by atoms with van der Waals surface area (Å²) in [7, 11) is 0. The number of aromatic amines is 1. The molecule has 0 radical (unpaired) electrons. The summed E-state index contributed by atoms with van der Waals surface area (Å²) in [5, 5.41) is 10.8. The lowest BCUT2D eigenvalue weighted by Gasteiger charge is -2.07. The van der Waals surface area contributed by atoms with Gasteiger partial charge < -0.3 is 10.1 Å². The van der Waals surface area contributed by atoms with Crippen LogP contribution in [0.1, 0.15) is 10.4 Å². The quantitative estimate of drug-likeness (QED) is 0.619. The number of carboxylic acids is 1. The van der Waals surface area contributed by atoms with Crippen LogP contribution in [0.4, 0.5) is 0 Å². The first-order chi connectivity index (χ1) is 9.16. The van der Waals surface area contributed by atoms with Crippen molar-refractivity contribution in [2.75, 3.05) is 0 Å². The fraction of sp³-hybridized carbons (Fsp3) is 0. The number of aromatic carboxylic acids is 1. The molecule has 19 heavy (non-hydrogen) atoms. The average Bonchev–Trinajstić information content (AvgIpc) is 2.78. The predicted octanol–water partition coefficient (Wildman–Crippen LogP) is 3.82. The molecular weight excluding hydrogens is 258 g/mol. The Hall–Kier alpha value is -2.20. The zero-order valence-electron chi connectivity index (χ0n) is 9.92. The maximum atomic E-state index is 11.6. The molecule has 0 amide bonds. The number of H-pyrrole nitrogens is 1. The molecule has 0 saturated heterocycles. The Morgan fingerprint density at radius 2 is 1.84 bits per heavy atom. The minimum absolute atomic E-state index is 0.306.